The minimum atomic E-state index is 0.105. The molecule has 0 spiro atoms. The molecule has 0 aliphatic rings. The maximum absolute atomic E-state index is 8.91. The lowest BCUT2D eigenvalue weighted by Gasteiger charge is -2.24. The molecule has 1 atom stereocenters. The first-order valence-corrected chi connectivity index (χ1v) is 7.76. The smallest absolute Gasteiger partial charge is 0.0638 e. The van der Waals surface area contributed by atoms with Crippen molar-refractivity contribution in [2.45, 2.75) is 18.5 Å². The van der Waals surface area contributed by atoms with Crippen LogP contribution >= 0.6 is 15.9 Å². The number of rotatable bonds is 6. The summed E-state index contributed by atoms with van der Waals surface area (Å²) >= 11 is 3.48. The molecule has 20 heavy (non-hydrogen) atoms. The van der Waals surface area contributed by atoms with Gasteiger partial charge in [-0.15, -0.1) is 0 Å². The number of nitrogens with one attached hydrogen (secondary N) is 1. The Labute approximate surface area is 128 Å². The SMILES string of the molecule is N#CCC(CBr)NC(c1ccccc1)c1ccccc1. The van der Waals surface area contributed by atoms with E-state index in [0.717, 1.165) is 5.33 Å². The highest BCUT2D eigenvalue weighted by atomic mass is 79.9. The van der Waals surface area contributed by atoms with E-state index in [2.05, 4.69) is 51.6 Å². The molecule has 0 saturated heterocycles. The minimum Gasteiger partial charge on any atom is -0.302 e. The summed E-state index contributed by atoms with van der Waals surface area (Å²) in [4.78, 5) is 0. The molecule has 0 saturated carbocycles. The van der Waals surface area contributed by atoms with Gasteiger partial charge in [0.25, 0.3) is 0 Å². The Bertz CT molecular complexity index is 509. The monoisotopic (exact) mass is 328 g/mol. The second-order valence-electron chi connectivity index (χ2n) is 4.63. The van der Waals surface area contributed by atoms with Gasteiger partial charge in [0.05, 0.1) is 18.5 Å². The summed E-state index contributed by atoms with van der Waals surface area (Å²) in [5, 5.41) is 13.2. The average Bonchev–Trinajstić information content (AvgIpc) is 2.53. The molecule has 2 rings (SSSR count). The average molecular weight is 329 g/mol. The van der Waals surface area contributed by atoms with Gasteiger partial charge in [0, 0.05) is 11.4 Å². The van der Waals surface area contributed by atoms with Gasteiger partial charge >= 0.3 is 0 Å². The van der Waals surface area contributed by atoms with Crippen LogP contribution in [0.2, 0.25) is 0 Å². The topological polar surface area (TPSA) is 35.8 Å². The lowest BCUT2D eigenvalue weighted by Crippen LogP contribution is -2.34. The van der Waals surface area contributed by atoms with Crippen LogP contribution in [0.5, 0.6) is 0 Å². The molecule has 2 aromatic carbocycles. The molecule has 2 nitrogen and oxygen atoms in total. The van der Waals surface area contributed by atoms with Crippen LogP contribution in [0.15, 0.2) is 60.7 Å². The lowest BCUT2D eigenvalue weighted by atomic mass is 9.97. The first kappa shape index (κ1) is 14.8. The van der Waals surface area contributed by atoms with Gasteiger partial charge in [0.2, 0.25) is 0 Å². The van der Waals surface area contributed by atoms with E-state index < -0.39 is 0 Å². The molecule has 2 aromatic rings. The van der Waals surface area contributed by atoms with Crippen LogP contribution in [0.3, 0.4) is 0 Å². The van der Waals surface area contributed by atoms with E-state index in [9.17, 15) is 0 Å². The van der Waals surface area contributed by atoms with Crippen molar-refractivity contribution in [2.75, 3.05) is 5.33 Å². The third-order valence-corrected chi connectivity index (χ3v) is 3.97. The summed E-state index contributed by atoms with van der Waals surface area (Å²) in [6.07, 6.45) is 0.488. The zero-order chi connectivity index (χ0) is 14.2. The van der Waals surface area contributed by atoms with Gasteiger partial charge in [-0.1, -0.05) is 76.6 Å². The number of hydrogen-bond donors (Lipinski definition) is 1. The van der Waals surface area contributed by atoms with Crippen molar-refractivity contribution in [1.82, 2.24) is 5.32 Å². The van der Waals surface area contributed by atoms with Crippen molar-refractivity contribution >= 4 is 15.9 Å². The first-order chi connectivity index (χ1) is 9.85. The predicted molar refractivity (Wildman–Crippen MR) is 85.7 cm³/mol. The van der Waals surface area contributed by atoms with Gasteiger partial charge < -0.3 is 5.32 Å². The van der Waals surface area contributed by atoms with Gasteiger partial charge in [-0.2, -0.15) is 5.26 Å². The van der Waals surface area contributed by atoms with Crippen LogP contribution in [0.25, 0.3) is 0 Å². The summed E-state index contributed by atoms with van der Waals surface area (Å²) < 4.78 is 0. The quantitative estimate of drug-likeness (QED) is 0.812. The zero-order valence-electron chi connectivity index (χ0n) is 11.2. The maximum Gasteiger partial charge on any atom is 0.0638 e. The van der Waals surface area contributed by atoms with Crippen molar-refractivity contribution in [3.63, 3.8) is 0 Å². The van der Waals surface area contributed by atoms with Crippen LogP contribution in [-0.4, -0.2) is 11.4 Å². The second kappa shape index (κ2) is 7.84. The molecule has 3 heteroatoms. The van der Waals surface area contributed by atoms with E-state index in [1.807, 2.05) is 36.4 Å². The molecule has 0 aliphatic heterocycles. The molecular formula is C17H17BrN2. The molecule has 0 aromatic heterocycles. The number of halogens is 1. The van der Waals surface area contributed by atoms with E-state index in [1.54, 1.807) is 0 Å². The summed E-state index contributed by atoms with van der Waals surface area (Å²) in [6, 6.07) is 23.1. The highest BCUT2D eigenvalue weighted by Crippen LogP contribution is 2.23. The fourth-order valence-electron chi connectivity index (χ4n) is 2.18. The van der Waals surface area contributed by atoms with Gasteiger partial charge in [0.1, 0.15) is 0 Å². The Morgan fingerprint density at radius 2 is 1.45 bits per heavy atom. The van der Waals surface area contributed by atoms with Crippen molar-refractivity contribution in [3.8, 4) is 6.07 Å². The number of hydrogen-bond acceptors (Lipinski definition) is 2. The van der Waals surface area contributed by atoms with Crippen molar-refractivity contribution < 1.29 is 0 Å². The van der Waals surface area contributed by atoms with Crippen molar-refractivity contribution in [2.24, 2.45) is 0 Å². The summed E-state index contributed by atoms with van der Waals surface area (Å²) in [5.74, 6) is 0. The predicted octanol–water partition coefficient (Wildman–Crippen LogP) is 4.04. The highest BCUT2D eigenvalue weighted by molar-refractivity contribution is 9.09. The third kappa shape index (κ3) is 3.93. The van der Waals surface area contributed by atoms with Crippen LogP contribution in [-0.2, 0) is 0 Å². The second-order valence-corrected chi connectivity index (χ2v) is 5.28. The normalized spacial score (nSPS) is 12.1. The van der Waals surface area contributed by atoms with E-state index in [0.29, 0.717) is 6.42 Å². The molecule has 0 amide bonds. The van der Waals surface area contributed by atoms with E-state index in [1.165, 1.54) is 11.1 Å². The van der Waals surface area contributed by atoms with E-state index in [-0.39, 0.29) is 12.1 Å². The molecule has 102 valence electrons. The standard InChI is InChI=1S/C17H17BrN2/c18-13-16(11-12-19)20-17(14-7-3-1-4-8-14)15-9-5-2-6-10-15/h1-10,16-17,20H,11,13H2. The minimum absolute atomic E-state index is 0.105. The van der Waals surface area contributed by atoms with E-state index >= 15 is 0 Å². The Hall–Kier alpha value is -1.63. The molecule has 1 unspecified atom stereocenters. The van der Waals surface area contributed by atoms with Crippen LogP contribution in [0.1, 0.15) is 23.6 Å². The molecule has 1 N–H and O–H groups in total. The van der Waals surface area contributed by atoms with Gasteiger partial charge in [-0.3, -0.25) is 0 Å². The Morgan fingerprint density at radius 1 is 0.950 bits per heavy atom. The summed E-state index contributed by atoms with van der Waals surface area (Å²) in [6.45, 7) is 0. The Morgan fingerprint density at radius 3 is 1.85 bits per heavy atom. The van der Waals surface area contributed by atoms with E-state index in [4.69, 9.17) is 5.26 Å². The van der Waals surface area contributed by atoms with Crippen molar-refractivity contribution in [3.05, 3.63) is 71.8 Å². The zero-order valence-corrected chi connectivity index (χ0v) is 12.8. The molecule has 0 heterocycles. The number of nitrogens with zero attached hydrogens (tertiary/aromatic N) is 1. The third-order valence-electron chi connectivity index (χ3n) is 3.19. The van der Waals surface area contributed by atoms with Crippen molar-refractivity contribution in [1.29, 1.82) is 5.26 Å². The Kier molecular flexibility index (Phi) is 5.79. The fraction of sp³-hybridized carbons (Fsp3) is 0.235. The van der Waals surface area contributed by atoms with Gasteiger partial charge in [0.15, 0.2) is 0 Å². The largest absolute Gasteiger partial charge is 0.302 e. The molecular weight excluding hydrogens is 312 g/mol. The van der Waals surface area contributed by atoms with Gasteiger partial charge in [-0.25, -0.2) is 0 Å². The Balaban J connectivity index is 2.28. The molecule has 0 radical (unpaired) electrons. The number of benzene rings is 2. The first-order valence-electron chi connectivity index (χ1n) is 6.64. The summed E-state index contributed by atoms with van der Waals surface area (Å²) in [5.41, 5.74) is 2.42. The number of alkyl halides is 1. The number of nitriles is 1. The molecule has 0 fully saturated rings. The highest BCUT2D eigenvalue weighted by Gasteiger charge is 2.17. The van der Waals surface area contributed by atoms with Gasteiger partial charge in [-0.05, 0) is 11.1 Å². The van der Waals surface area contributed by atoms with Crippen LogP contribution in [0.4, 0.5) is 0 Å². The fourth-order valence-corrected chi connectivity index (χ4v) is 2.60. The lowest BCUT2D eigenvalue weighted by molar-refractivity contribution is 0.512. The summed E-state index contributed by atoms with van der Waals surface area (Å²) in [7, 11) is 0. The molecule has 0 aliphatic carbocycles. The van der Waals surface area contributed by atoms with Crippen LogP contribution < -0.4 is 5.32 Å². The molecule has 0 bridgehead atoms. The maximum atomic E-state index is 8.91. The van der Waals surface area contributed by atoms with Crippen LogP contribution in [0, 0.1) is 11.3 Å².